The summed E-state index contributed by atoms with van der Waals surface area (Å²) in [7, 11) is 3.56. The molecular formula is C19H27N3O2S. The summed E-state index contributed by atoms with van der Waals surface area (Å²) < 4.78 is 0. The molecule has 0 spiro atoms. The van der Waals surface area contributed by atoms with E-state index in [1.54, 1.807) is 19.0 Å². The number of likely N-dealkylation sites (N-methyl/N-ethyl adjacent to an activating group) is 1. The van der Waals surface area contributed by atoms with Crippen molar-refractivity contribution in [3.8, 4) is 0 Å². The lowest BCUT2D eigenvalue weighted by Gasteiger charge is -2.29. The predicted molar refractivity (Wildman–Crippen MR) is 102 cm³/mol. The molecule has 0 aliphatic carbocycles. The van der Waals surface area contributed by atoms with Crippen LogP contribution in [0.25, 0.3) is 0 Å². The van der Waals surface area contributed by atoms with Crippen molar-refractivity contribution in [1.29, 1.82) is 0 Å². The molecule has 1 fully saturated rings. The van der Waals surface area contributed by atoms with Crippen LogP contribution in [0, 0.1) is 0 Å². The summed E-state index contributed by atoms with van der Waals surface area (Å²) in [5.41, 5.74) is 1.01. The number of para-hydroxylation sites is 1. The van der Waals surface area contributed by atoms with E-state index in [2.05, 4.69) is 17.9 Å². The van der Waals surface area contributed by atoms with E-state index in [4.69, 9.17) is 0 Å². The number of thioether (sulfide) groups is 1. The molecule has 2 heterocycles. The summed E-state index contributed by atoms with van der Waals surface area (Å²) in [4.78, 5) is 32.2. The van der Waals surface area contributed by atoms with Crippen LogP contribution in [0.4, 0.5) is 5.69 Å². The summed E-state index contributed by atoms with van der Waals surface area (Å²) in [6.45, 7) is 4.08. The summed E-state index contributed by atoms with van der Waals surface area (Å²) in [6.07, 6.45) is 2.79. The average Bonchev–Trinajstić information content (AvgIpc) is 2.95. The van der Waals surface area contributed by atoms with Crippen LogP contribution >= 0.6 is 11.8 Å². The molecule has 2 aliphatic heterocycles. The Morgan fingerprint density at radius 3 is 2.72 bits per heavy atom. The highest BCUT2D eigenvalue weighted by atomic mass is 32.2. The molecule has 3 rings (SSSR count). The fourth-order valence-electron chi connectivity index (χ4n) is 3.60. The van der Waals surface area contributed by atoms with Crippen LogP contribution in [0.5, 0.6) is 0 Å². The molecular weight excluding hydrogens is 334 g/mol. The Bertz CT molecular complexity index is 649. The first-order valence-electron chi connectivity index (χ1n) is 8.98. The number of fused-ring (bicyclic) bond motifs is 1. The van der Waals surface area contributed by atoms with E-state index in [-0.39, 0.29) is 17.9 Å². The molecule has 5 nitrogen and oxygen atoms in total. The Labute approximate surface area is 154 Å². The zero-order valence-corrected chi connectivity index (χ0v) is 16.1. The van der Waals surface area contributed by atoms with Crippen LogP contribution < -0.4 is 4.90 Å². The zero-order chi connectivity index (χ0) is 18.0. The van der Waals surface area contributed by atoms with E-state index in [1.807, 2.05) is 34.9 Å². The van der Waals surface area contributed by atoms with Crippen molar-refractivity contribution in [2.75, 3.05) is 38.6 Å². The molecule has 136 valence electrons. The molecule has 0 aromatic heterocycles. The second-order valence-electron chi connectivity index (χ2n) is 7.09. The Morgan fingerprint density at radius 1 is 1.20 bits per heavy atom. The SMILES string of the molecule is CC1CCN(C(=O)CN2CCCC2C(=O)N(C)C)c2ccccc2S1. The lowest BCUT2D eigenvalue weighted by Crippen LogP contribution is -2.48. The Balaban J connectivity index is 1.76. The Morgan fingerprint density at radius 2 is 1.96 bits per heavy atom. The molecule has 0 saturated carbocycles. The molecule has 1 aromatic rings. The van der Waals surface area contributed by atoms with Gasteiger partial charge in [0.25, 0.3) is 0 Å². The number of carbonyl (C=O) groups excluding carboxylic acids is 2. The molecule has 2 unspecified atom stereocenters. The quantitative estimate of drug-likeness (QED) is 0.830. The van der Waals surface area contributed by atoms with Gasteiger partial charge in [0, 0.05) is 30.8 Å². The van der Waals surface area contributed by atoms with Gasteiger partial charge in [0.1, 0.15) is 0 Å². The van der Waals surface area contributed by atoms with Crippen LogP contribution in [0.2, 0.25) is 0 Å². The molecule has 0 bridgehead atoms. The van der Waals surface area contributed by atoms with Crippen molar-refractivity contribution in [2.45, 2.75) is 42.4 Å². The van der Waals surface area contributed by atoms with Gasteiger partial charge < -0.3 is 9.80 Å². The van der Waals surface area contributed by atoms with Crippen molar-refractivity contribution >= 4 is 29.3 Å². The lowest BCUT2D eigenvalue weighted by molar-refractivity contribution is -0.134. The smallest absolute Gasteiger partial charge is 0.241 e. The number of amides is 2. The minimum Gasteiger partial charge on any atom is -0.347 e. The number of hydrogen-bond donors (Lipinski definition) is 0. The molecule has 1 aromatic carbocycles. The number of nitrogens with zero attached hydrogens (tertiary/aromatic N) is 3. The molecule has 6 heteroatoms. The van der Waals surface area contributed by atoms with Crippen LogP contribution in [-0.4, -0.2) is 66.6 Å². The van der Waals surface area contributed by atoms with Crippen molar-refractivity contribution in [3.05, 3.63) is 24.3 Å². The average molecular weight is 362 g/mol. The summed E-state index contributed by atoms with van der Waals surface area (Å²) in [5.74, 6) is 0.200. The molecule has 2 atom stereocenters. The highest BCUT2D eigenvalue weighted by Gasteiger charge is 2.34. The van der Waals surface area contributed by atoms with Crippen molar-refractivity contribution < 1.29 is 9.59 Å². The summed E-state index contributed by atoms with van der Waals surface area (Å²) in [6, 6.07) is 7.98. The second kappa shape index (κ2) is 7.79. The molecule has 2 amide bonds. The first-order valence-corrected chi connectivity index (χ1v) is 9.86. The Kier molecular flexibility index (Phi) is 5.69. The van der Waals surface area contributed by atoms with Gasteiger partial charge in [0.05, 0.1) is 18.3 Å². The first-order chi connectivity index (χ1) is 12.0. The van der Waals surface area contributed by atoms with Gasteiger partial charge in [-0.3, -0.25) is 14.5 Å². The van der Waals surface area contributed by atoms with E-state index >= 15 is 0 Å². The largest absolute Gasteiger partial charge is 0.347 e. The van der Waals surface area contributed by atoms with Crippen LogP contribution in [-0.2, 0) is 9.59 Å². The monoisotopic (exact) mass is 361 g/mol. The van der Waals surface area contributed by atoms with Crippen LogP contribution in [0.1, 0.15) is 26.2 Å². The van der Waals surface area contributed by atoms with E-state index in [0.29, 0.717) is 11.8 Å². The third kappa shape index (κ3) is 4.01. The van der Waals surface area contributed by atoms with Gasteiger partial charge >= 0.3 is 0 Å². The third-order valence-corrected chi connectivity index (χ3v) is 6.21. The second-order valence-corrected chi connectivity index (χ2v) is 8.57. The molecule has 25 heavy (non-hydrogen) atoms. The maximum atomic E-state index is 13.1. The summed E-state index contributed by atoms with van der Waals surface area (Å²) >= 11 is 1.84. The maximum Gasteiger partial charge on any atom is 0.241 e. The van der Waals surface area contributed by atoms with E-state index in [9.17, 15) is 9.59 Å². The van der Waals surface area contributed by atoms with Gasteiger partial charge in [0.2, 0.25) is 11.8 Å². The minimum absolute atomic E-state index is 0.0978. The fourth-order valence-corrected chi connectivity index (χ4v) is 4.71. The van der Waals surface area contributed by atoms with E-state index < -0.39 is 0 Å². The van der Waals surface area contributed by atoms with E-state index in [0.717, 1.165) is 38.0 Å². The van der Waals surface area contributed by atoms with Gasteiger partial charge in [-0.25, -0.2) is 0 Å². The van der Waals surface area contributed by atoms with Crippen molar-refractivity contribution in [3.63, 3.8) is 0 Å². The zero-order valence-electron chi connectivity index (χ0n) is 15.3. The van der Waals surface area contributed by atoms with Gasteiger partial charge in [-0.2, -0.15) is 0 Å². The maximum absolute atomic E-state index is 13.1. The normalized spacial score (nSPS) is 23.9. The fraction of sp³-hybridized carbons (Fsp3) is 0.579. The topological polar surface area (TPSA) is 43.9 Å². The highest BCUT2D eigenvalue weighted by molar-refractivity contribution is 8.00. The van der Waals surface area contributed by atoms with Crippen molar-refractivity contribution in [2.24, 2.45) is 0 Å². The number of likely N-dealkylation sites (tertiary alicyclic amines) is 1. The van der Waals surface area contributed by atoms with Crippen LogP contribution in [0.3, 0.4) is 0 Å². The number of rotatable bonds is 3. The summed E-state index contributed by atoms with van der Waals surface area (Å²) in [5, 5.41) is 0.494. The number of hydrogen-bond acceptors (Lipinski definition) is 4. The van der Waals surface area contributed by atoms with Gasteiger partial charge in [-0.15, -0.1) is 11.8 Å². The van der Waals surface area contributed by atoms with Crippen molar-refractivity contribution in [1.82, 2.24) is 9.80 Å². The van der Waals surface area contributed by atoms with E-state index in [1.165, 1.54) is 4.90 Å². The van der Waals surface area contributed by atoms with Gasteiger partial charge in [-0.05, 0) is 37.9 Å². The third-order valence-electron chi connectivity index (χ3n) is 4.97. The van der Waals surface area contributed by atoms with Gasteiger partial charge in [0.15, 0.2) is 0 Å². The lowest BCUT2D eigenvalue weighted by atomic mass is 10.2. The molecule has 0 N–H and O–H groups in total. The Hall–Kier alpha value is -1.53. The molecule has 1 saturated heterocycles. The highest BCUT2D eigenvalue weighted by Crippen LogP contribution is 2.37. The van der Waals surface area contributed by atoms with Crippen LogP contribution in [0.15, 0.2) is 29.2 Å². The molecule has 0 radical (unpaired) electrons. The minimum atomic E-state index is -0.158. The number of carbonyl (C=O) groups is 2. The van der Waals surface area contributed by atoms with Gasteiger partial charge in [-0.1, -0.05) is 19.1 Å². The number of anilines is 1. The predicted octanol–water partition coefficient (Wildman–Crippen LogP) is 2.46. The molecule has 2 aliphatic rings. The standard InChI is InChI=1S/C19H27N3O2S/c1-14-10-12-22(15-7-4-5-9-17(15)25-14)18(23)13-21-11-6-8-16(21)19(24)20(2)3/h4-5,7,9,14,16H,6,8,10-13H2,1-3H3. The number of benzene rings is 1. The first kappa shape index (κ1) is 18.3.